The second kappa shape index (κ2) is 6.02. The molecule has 1 aromatic heterocycles. The van der Waals surface area contributed by atoms with Crippen molar-refractivity contribution in [1.29, 1.82) is 0 Å². The zero-order valence-corrected chi connectivity index (χ0v) is 10.6. The maximum atomic E-state index is 6.02. The quantitative estimate of drug-likeness (QED) is 0.856. The van der Waals surface area contributed by atoms with Gasteiger partial charge in [0.15, 0.2) is 5.82 Å². The number of nitrogens with one attached hydrogen (secondary N) is 2. The predicted octanol–water partition coefficient (Wildman–Crippen LogP) is 1.55. The molecule has 0 spiro atoms. The van der Waals surface area contributed by atoms with Gasteiger partial charge in [0.25, 0.3) is 0 Å². The Bertz CT molecular complexity index is 368. The summed E-state index contributed by atoms with van der Waals surface area (Å²) in [5, 5.41) is 7.14. The van der Waals surface area contributed by atoms with Crippen molar-refractivity contribution in [3.63, 3.8) is 0 Å². The van der Waals surface area contributed by atoms with E-state index in [-0.39, 0.29) is 0 Å². The standard InChI is InChI=1S/C11H17ClN4O/c1-17-11-15-7-9(12)10(16-11)14-6-8-2-4-13-5-3-8/h7-8,13H,2-6H2,1H3,(H,14,15,16). The molecule has 6 heteroatoms. The summed E-state index contributed by atoms with van der Waals surface area (Å²) >= 11 is 6.02. The summed E-state index contributed by atoms with van der Waals surface area (Å²) in [6.45, 7) is 3.07. The maximum absolute atomic E-state index is 6.02. The Morgan fingerprint density at radius 2 is 2.29 bits per heavy atom. The van der Waals surface area contributed by atoms with Gasteiger partial charge in [-0.05, 0) is 31.8 Å². The second-order valence-electron chi connectivity index (χ2n) is 4.13. The summed E-state index contributed by atoms with van der Waals surface area (Å²) in [5.74, 6) is 1.32. The van der Waals surface area contributed by atoms with Gasteiger partial charge in [-0.3, -0.25) is 0 Å². The van der Waals surface area contributed by atoms with Gasteiger partial charge in [0.05, 0.1) is 13.3 Å². The third-order valence-electron chi connectivity index (χ3n) is 2.92. The number of rotatable bonds is 4. The SMILES string of the molecule is COc1ncc(Cl)c(NCC2CCNCC2)n1. The van der Waals surface area contributed by atoms with Crippen molar-refractivity contribution in [3.05, 3.63) is 11.2 Å². The minimum atomic E-state index is 0.335. The van der Waals surface area contributed by atoms with Gasteiger partial charge in [-0.25, -0.2) is 4.98 Å². The van der Waals surface area contributed by atoms with E-state index >= 15 is 0 Å². The molecule has 2 N–H and O–H groups in total. The van der Waals surface area contributed by atoms with Gasteiger partial charge in [0, 0.05) is 6.54 Å². The Morgan fingerprint density at radius 1 is 1.53 bits per heavy atom. The lowest BCUT2D eigenvalue weighted by Crippen LogP contribution is -2.31. The molecule has 5 nitrogen and oxygen atoms in total. The van der Waals surface area contributed by atoms with Gasteiger partial charge in [-0.15, -0.1) is 0 Å². The molecule has 1 aliphatic rings. The Hall–Kier alpha value is -1.07. The summed E-state index contributed by atoms with van der Waals surface area (Å²) in [6.07, 6.45) is 3.93. The molecule has 17 heavy (non-hydrogen) atoms. The monoisotopic (exact) mass is 256 g/mol. The van der Waals surface area contributed by atoms with Crippen LogP contribution in [0.25, 0.3) is 0 Å². The van der Waals surface area contributed by atoms with Crippen molar-refractivity contribution >= 4 is 17.4 Å². The van der Waals surface area contributed by atoms with E-state index in [4.69, 9.17) is 16.3 Å². The minimum Gasteiger partial charge on any atom is -0.467 e. The number of piperidine rings is 1. The summed E-state index contributed by atoms with van der Waals surface area (Å²) < 4.78 is 4.97. The van der Waals surface area contributed by atoms with Crippen molar-refractivity contribution in [1.82, 2.24) is 15.3 Å². The van der Waals surface area contributed by atoms with Crippen LogP contribution in [0.15, 0.2) is 6.20 Å². The fourth-order valence-corrected chi connectivity index (χ4v) is 2.06. The molecule has 1 fully saturated rings. The van der Waals surface area contributed by atoms with Gasteiger partial charge in [-0.1, -0.05) is 11.6 Å². The molecule has 94 valence electrons. The summed E-state index contributed by atoms with van der Waals surface area (Å²) in [5.41, 5.74) is 0. The lowest BCUT2D eigenvalue weighted by atomic mass is 9.98. The van der Waals surface area contributed by atoms with Crippen LogP contribution < -0.4 is 15.4 Å². The largest absolute Gasteiger partial charge is 0.467 e. The van der Waals surface area contributed by atoms with Crippen LogP contribution in [0.5, 0.6) is 6.01 Å². The molecule has 0 saturated carbocycles. The van der Waals surface area contributed by atoms with E-state index in [1.54, 1.807) is 13.3 Å². The Morgan fingerprint density at radius 3 is 3.00 bits per heavy atom. The summed E-state index contributed by atoms with van der Waals surface area (Å²) in [7, 11) is 1.54. The number of nitrogens with zero attached hydrogens (tertiary/aromatic N) is 2. The van der Waals surface area contributed by atoms with Gasteiger partial charge in [-0.2, -0.15) is 4.98 Å². The van der Waals surface area contributed by atoms with Crippen molar-refractivity contribution in [2.75, 3.05) is 32.1 Å². The zero-order valence-electron chi connectivity index (χ0n) is 9.87. The van der Waals surface area contributed by atoms with Crippen molar-refractivity contribution < 1.29 is 4.74 Å². The summed E-state index contributed by atoms with van der Waals surface area (Å²) in [4.78, 5) is 8.12. The van der Waals surface area contributed by atoms with Crippen LogP contribution in [-0.4, -0.2) is 36.7 Å². The van der Waals surface area contributed by atoms with Crippen LogP contribution in [0.4, 0.5) is 5.82 Å². The number of ether oxygens (including phenoxy) is 1. The van der Waals surface area contributed by atoms with Crippen LogP contribution in [0.3, 0.4) is 0 Å². The smallest absolute Gasteiger partial charge is 0.318 e. The number of hydrogen-bond acceptors (Lipinski definition) is 5. The highest BCUT2D eigenvalue weighted by Gasteiger charge is 2.14. The average molecular weight is 257 g/mol. The molecule has 0 bridgehead atoms. The number of anilines is 1. The van der Waals surface area contributed by atoms with Crippen molar-refractivity contribution in [2.45, 2.75) is 12.8 Å². The topological polar surface area (TPSA) is 59.1 Å². The molecule has 2 rings (SSSR count). The molecule has 1 saturated heterocycles. The molecule has 0 radical (unpaired) electrons. The lowest BCUT2D eigenvalue weighted by Gasteiger charge is -2.23. The van der Waals surface area contributed by atoms with Crippen molar-refractivity contribution in [2.24, 2.45) is 5.92 Å². The van der Waals surface area contributed by atoms with Gasteiger partial charge in [0.2, 0.25) is 0 Å². The Balaban J connectivity index is 1.92. The molecule has 0 unspecified atom stereocenters. The van der Waals surface area contributed by atoms with Crippen LogP contribution in [-0.2, 0) is 0 Å². The van der Waals surface area contributed by atoms with Crippen molar-refractivity contribution in [3.8, 4) is 6.01 Å². The van der Waals surface area contributed by atoms with E-state index in [1.807, 2.05) is 0 Å². The average Bonchev–Trinajstić information content (AvgIpc) is 2.39. The van der Waals surface area contributed by atoms with E-state index in [0.717, 1.165) is 19.6 Å². The number of hydrogen-bond donors (Lipinski definition) is 2. The molecular formula is C11H17ClN4O. The molecule has 0 atom stereocenters. The third kappa shape index (κ3) is 3.44. The number of methoxy groups -OCH3 is 1. The summed E-state index contributed by atoms with van der Waals surface area (Å²) in [6, 6.07) is 0.335. The zero-order chi connectivity index (χ0) is 12.1. The normalized spacial score (nSPS) is 16.8. The molecule has 0 aromatic carbocycles. The van der Waals surface area contributed by atoms with E-state index < -0.39 is 0 Å². The first-order chi connectivity index (χ1) is 8.29. The number of aromatic nitrogens is 2. The minimum absolute atomic E-state index is 0.335. The van der Waals surface area contributed by atoms with E-state index in [1.165, 1.54) is 12.8 Å². The molecule has 0 amide bonds. The first-order valence-corrected chi connectivity index (χ1v) is 6.18. The van der Waals surface area contributed by atoms with Gasteiger partial charge in [0.1, 0.15) is 5.02 Å². The van der Waals surface area contributed by atoms with Crippen LogP contribution >= 0.6 is 11.6 Å². The van der Waals surface area contributed by atoms with Gasteiger partial charge >= 0.3 is 6.01 Å². The molecule has 0 aliphatic carbocycles. The second-order valence-corrected chi connectivity index (χ2v) is 4.53. The van der Waals surface area contributed by atoms with E-state index in [0.29, 0.717) is 22.8 Å². The first-order valence-electron chi connectivity index (χ1n) is 5.80. The highest BCUT2D eigenvalue weighted by atomic mass is 35.5. The molecule has 1 aliphatic heterocycles. The first kappa shape index (κ1) is 12.4. The van der Waals surface area contributed by atoms with E-state index in [2.05, 4.69) is 20.6 Å². The van der Waals surface area contributed by atoms with Gasteiger partial charge < -0.3 is 15.4 Å². The molecule has 2 heterocycles. The van der Waals surface area contributed by atoms with E-state index in [9.17, 15) is 0 Å². The van der Waals surface area contributed by atoms with Crippen LogP contribution in [0.2, 0.25) is 5.02 Å². The predicted molar refractivity (Wildman–Crippen MR) is 67.7 cm³/mol. The fourth-order valence-electron chi connectivity index (χ4n) is 1.90. The van der Waals surface area contributed by atoms with Crippen LogP contribution in [0.1, 0.15) is 12.8 Å². The Labute approximate surface area is 106 Å². The fraction of sp³-hybridized carbons (Fsp3) is 0.636. The highest BCUT2D eigenvalue weighted by molar-refractivity contribution is 6.32. The number of halogens is 1. The third-order valence-corrected chi connectivity index (χ3v) is 3.20. The Kier molecular flexibility index (Phi) is 4.39. The lowest BCUT2D eigenvalue weighted by molar-refractivity contribution is 0.378. The highest BCUT2D eigenvalue weighted by Crippen LogP contribution is 2.21. The maximum Gasteiger partial charge on any atom is 0.318 e. The van der Waals surface area contributed by atoms with Crippen LogP contribution in [0, 0.1) is 5.92 Å². The molecule has 1 aromatic rings. The molecular weight excluding hydrogens is 240 g/mol.